The number of hydrogen-bond acceptors (Lipinski definition) is 3. The molecule has 0 bridgehead atoms. The molecule has 0 saturated carbocycles. The van der Waals surface area contributed by atoms with Crippen LogP contribution in [-0.4, -0.2) is 45.0 Å². The zero-order valence-electron chi connectivity index (χ0n) is 16.7. The van der Waals surface area contributed by atoms with Crippen molar-refractivity contribution in [2.24, 2.45) is 0 Å². The summed E-state index contributed by atoms with van der Waals surface area (Å²) in [6, 6.07) is 17.8. The van der Waals surface area contributed by atoms with Gasteiger partial charge in [-0.1, -0.05) is 35.9 Å². The summed E-state index contributed by atoms with van der Waals surface area (Å²) < 4.78 is 2.18. The molecule has 1 aromatic carbocycles. The molecule has 2 aliphatic rings. The predicted octanol–water partition coefficient (Wildman–Crippen LogP) is 4.55. The van der Waals surface area contributed by atoms with E-state index < -0.39 is 0 Å². The highest BCUT2D eigenvalue weighted by Gasteiger charge is 2.28. The highest BCUT2D eigenvalue weighted by atomic mass is 35.5. The minimum absolute atomic E-state index is 0.647. The van der Waals surface area contributed by atoms with Crippen molar-refractivity contribution in [3.8, 4) is 5.82 Å². The number of fused-ring (bicyclic) bond motifs is 1. The van der Waals surface area contributed by atoms with E-state index in [1.807, 2.05) is 12.1 Å². The van der Waals surface area contributed by atoms with E-state index in [2.05, 4.69) is 61.9 Å². The lowest BCUT2D eigenvalue weighted by Crippen LogP contribution is -2.49. The van der Waals surface area contributed by atoms with Crippen LogP contribution < -0.4 is 0 Å². The van der Waals surface area contributed by atoms with E-state index in [0.717, 1.165) is 25.5 Å². The van der Waals surface area contributed by atoms with Crippen molar-refractivity contribution < 1.29 is 0 Å². The van der Waals surface area contributed by atoms with Crippen LogP contribution in [0.4, 0.5) is 0 Å². The van der Waals surface area contributed by atoms with E-state index in [9.17, 15) is 0 Å². The van der Waals surface area contributed by atoms with Gasteiger partial charge in [0.25, 0.3) is 0 Å². The lowest BCUT2D eigenvalue weighted by molar-refractivity contribution is 0.0829. The molecule has 0 radical (unpaired) electrons. The van der Waals surface area contributed by atoms with E-state index in [4.69, 9.17) is 11.6 Å². The Morgan fingerprint density at radius 2 is 1.90 bits per heavy atom. The van der Waals surface area contributed by atoms with Gasteiger partial charge in [0, 0.05) is 50.3 Å². The SMILES string of the molecule is Clc1ccc(-n2cccc2CN2CCCC(N3CCc4ccccc4C3)C2)nc1. The van der Waals surface area contributed by atoms with Gasteiger partial charge >= 0.3 is 0 Å². The minimum Gasteiger partial charge on any atom is -0.304 e. The van der Waals surface area contributed by atoms with Crippen LogP contribution in [0.5, 0.6) is 0 Å². The fraction of sp³-hybridized carbons (Fsp3) is 0.375. The molecular formula is C24H27ClN4. The van der Waals surface area contributed by atoms with Gasteiger partial charge in [-0.05, 0) is 61.2 Å². The molecule has 3 aromatic rings. The third kappa shape index (κ3) is 4.11. The van der Waals surface area contributed by atoms with Crippen molar-refractivity contribution in [1.29, 1.82) is 0 Å². The summed E-state index contributed by atoms with van der Waals surface area (Å²) in [4.78, 5) is 9.80. The molecule has 150 valence electrons. The smallest absolute Gasteiger partial charge is 0.136 e. The first-order chi connectivity index (χ1) is 14.3. The van der Waals surface area contributed by atoms with Crippen LogP contribution in [0.1, 0.15) is 29.7 Å². The second kappa shape index (κ2) is 8.31. The van der Waals surface area contributed by atoms with Crippen LogP contribution in [0.2, 0.25) is 5.02 Å². The molecule has 2 aliphatic heterocycles. The van der Waals surface area contributed by atoms with Gasteiger partial charge in [-0.25, -0.2) is 4.98 Å². The molecule has 4 nitrogen and oxygen atoms in total. The van der Waals surface area contributed by atoms with Crippen LogP contribution in [0.15, 0.2) is 60.9 Å². The minimum atomic E-state index is 0.647. The van der Waals surface area contributed by atoms with E-state index in [-0.39, 0.29) is 0 Å². The first kappa shape index (κ1) is 18.9. The van der Waals surface area contributed by atoms with E-state index >= 15 is 0 Å². The molecule has 1 saturated heterocycles. The third-order valence-electron chi connectivity index (χ3n) is 6.33. The Morgan fingerprint density at radius 3 is 2.76 bits per heavy atom. The third-order valence-corrected chi connectivity index (χ3v) is 6.56. The molecule has 5 rings (SSSR count). The Bertz CT molecular complexity index is 965. The molecule has 0 N–H and O–H groups in total. The summed E-state index contributed by atoms with van der Waals surface area (Å²) >= 11 is 6.01. The average Bonchev–Trinajstić information content (AvgIpc) is 3.22. The fourth-order valence-electron chi connectivity index (χ4n) is 4.81. The van der Waals surface area contributed by atoms with Crippen molar-refractivity contribution in [3.63, 3.8) is 0 Å². The second-order valence-electron chi connectivity index (χ2n) is 8.22. The van der Waals surface area contributed by atoms with Crippen LogP contribution in [0.25, 0.3) is 5.82 Å². The van der Waals surface area contributed by atoms with Crippen molar-refractivity contribution >= 4 is 11.6 Å². The molecule has 5 heteroatoms. The van der Waals surface area contributed by atoms with Crippen LogP contribution >= 0.6 is 11.6 Å². The molecule has 1 unspecified atom stereocenters. The molecule has 2 aromatic heterocycles. The summed E-state index contributed by atoms with van der Waals surface area (Å²) in [7, 11) is 0. The summed E-state index contributed by atoms with van der Waals surface area (Å²) in [5, 5.41) is 0.671. The van der Waals surface area contributed by atoms with Gasteiger partial charge in [-0.2, -0.15) is 0 Å². The van der Waals surface area contributed by atoms with Crippen molar-refractivity contribution in [1.82, 2.24) is 19.4 Å². The number of halogens is 1. The second-order valence-corrected chi connectivity index (χ2v) is 8.66. The van der Waals surface area contributed by atoms with Gasteiger partial charge in [0.2, 0.25) is 0 Å². The predicted molar refractivity (Wildman–Crippen MR) is 117 cm³/mol. The van der Waals surface area contributed by atoms with Crippen molar-refractivity contribution in [2.45, 2.75) is 38.4 Å². The monoisotopic (exact) mass is 406 g/mol. The lowest BCUT2D eigenvalue weighted by Gasteiger charge is -2.41. The molecular weight excluding hydrogens is 380 g/mol. The Balaban J connectivity index is 1.27. The highest BCUT2D eigenvalue weighted by molar-refractivity contribution is 6.30. The van der Waals surface area contributed by atoms with Crippen LogP contribution in [-0.2, 0) is 19.5 Å². The van der Waals surface area contributed by atoms with Crippen molar-refractivity contribution in [2.75, 3.05) is 19.6 Å². The zero-order chi connectivity index (χ0) is 19.6. The first-order valence-corrected chi connectivity index (χ1v) is 11.0. The Morgan fingerprint density at radius 1 is 1.00 bits per heavy atom. The topological polar surface area (TPSA) is 24.3 Å². The van der Waals surface area contributed by atoms with Gasteiger partial charge in [0.1, 0.15) is 5.82 Å². The summed E-state index contributed by atoms with van der Waals surface area (Å²) in [6.07, 6.45) is 7.55. The Labute approximate surface area is 177 Å². The lowest BCUT2D eigenvalue weighted by atomic mass is 9.96. The van der Waals surface area contributed by atoms with Crippen molar-refractivity contribution in [3.05, 3.63) is 82.8 Å². The largest absolute Gasteiger partial charge is 0.304 e. The molecule has 0 amide bonds. The van der Waals surface area contributed by atoms with Gasteiger partial charge in [0.05, 0.1) is 5.02 Å². The maximum Gasteiger partial charge on any atom is 0.136 e. The fourth-order valence-corrected chi connectivity index (χ4v) is 4.92. The number of rotatable bonds is 4. The number of nitrogens with zero attached hydrogens (tertiary/aromatic N) is 4. The summed E-state index contributed by atoms with van der Waals surface area (Å²) in [5.41, 5.74) is 4.33. The zero-order valence-corrected chi connectivity index (χ0v) is 17.4. The molecule has 1 fully saturated rings. The maximum atomic E-state index is 6.01. The van der Waals surface area contributed by atoms with Crippen LogP contribution in [0.3, 0.4) is 0 Å². The molecule has 0 spiro atoms. The average molecular weight is 407 g/mol. The normalized spacial score (nSPS) is 20.5. The summed E-state index contributed by atoms with van der Waals surface area (Å²) in [5.74, 6) is 0.926. The molecule has 0 aliphatic carbocycles. The Kier molecular flexibility index (Phi) is 5.40. The van der Waals surface area contributed by atoms with Gasteiger partial charge in [0.15, 0.2) is 0 Å². The quantitative estimate of drug-likeness (QED) is 0.635. The molecule has 4 heterocycles. The first-order valence-electron chi connectivity index (χ1n) is 10.6. The maximum absolute atomic E-state index is 6.01. The number of aromatic nitrogens is 2. The van der Waals surface area contributed by atoms with Gasteiger partial charge < -0.3 is 4.57 Å². The number of piperidine rings is 1. The Hall–Kier alpha value is -2.14. The standard InChI is InChI=1S/C24H27ClN4/c25-21-9-10-24(26-15-21)29-13-4-8-23(29)18-27-12-3-7-22(17-27)28-14-11-19-5-1-2-6-20(19)16-28/h1-2,4-6,8-10,13,15,22H,3,7,11-12,14,16-18H2. The molecule has 1 atom stereocenters. The van der Waals surface area contributed by atoms with E-state index in [0.29, 0.717) is 11.1 Å². The number of hydrogen-bond donors (Lipinski definition) is 0. The van der Waals surface area contributed by atoms with Gasteiger partial charge in [-0.3, -0.25) is 9.80 Å². The number of benzene rings is 1. The number of pyridine rings is 1. The molecule has 29 heavy (non-hydrogen) atoms. The van der Waals surface area contributed by atoms with E-state index in [1.54, 1.807) is 6.20 Å². The van der Waals surface area contributed by atoms with Gasteiger partial charge in [-0.15, -0.1) is 0 Å². The number of likely N-dealkylation sites (tertiary alicyclic amines) is 1. The van der Waals surface area contributed by atoms with E-state index in [1.165, 1.54) is 49.2 Å². The summed E-state index contributed by atoms with van der Waals surface area (Å²) in [6.45, 7) is 5.54. The van der Waals surface area contributed by atoms with Crippen LogP contribution in [0, 0.1) is 0 Å². The highest BCUT2D eigenvalue weighted by Crippen LogP contribution is 2.25.